The number of nitrogens with one attached hydrogen (secondary N) is 1. The van der Waals surface area contributed by atoms with Crippen molar-refractivity contribution in [2.45, 2.75) is 34.1 Å². The molecule has 0 bridgehead atoms. The zero-order valence-corrected chi connectivity index (χ0v) is 11.6. The normalized spacial score (nSPS) is 19.1. The summed E-state index contributed by atoms with van der Waals surface area (Å²) in [5.74, 6) is 0.648. The van der Waals surface area contributed by atoms with E-state index < -0.39 is 0 Å². The second-order valence-electron chi connectivity index (χ2n) is 6.02. The lowest BCUT2D eigenvalue weighted by Gasteiger charge is -2.35. The first kappa shape index (κ1) is 13.2. The second kappa shape index (κ2) is 4.79. The molecule has 0 amide bonds. The highest BCUT2D eigenvalue weighted by atomic mass is 19.1. The Morgan fingerprint density at radius 1 is 1.39 bits per heavy atom. The largest absolute Gasteiger partial charge is 0.491 e. The van der Waals surface area contributed by atoms with Crippen molar-refractivity contribution in [3.63, 3.8) is 0 Å². The molecule has 1 aliphatic rings. The van der Waals surface area contributed by atoms with Gasteiger partial charge < -0.3 is 10.1 Å². The van der Waals surface area contributed by atoms with Gasteiger partial charge in [0.05, 0.1) is 6.61 Å². The molecule has 1 N–H and O–H groups in total. The average Bonchev–Trinajstić information content (AvgIpc) is 2.28. The number of anilines is 1. The van der Waals surface area contributed by atoms with Crippen molar-refractivity contribution in [1.29, 1.82) is 0 Å². The summed E-state index contributed by atoms with van der Waals surface area (Å²) in [4.78, 5) is 0. The van der Waals surface area contributed by atoms with Gasteiger partial charge in [0.2, 0.25) is 0 Å². The Morgan fingerprint density at radius 3 is 2.72 bits per heavy atom. The molecule has 18 heavy (non-hydrogen) atoms. The van der Waals surface area contributed by atoms with Crippen LogP contribution in [0.1, 0.15) is 33.3 Å². The van der Waals surface area contributed by atoms with Gasteiger partial charge in [0.1, 0.15) is 0 Å². The number of fused-ring (bicyclic) bond motifs is 1. The molecule has 0 saturated carbocycles. The van der Waals surface area contributed by atoms with Crippen molar-refractivity contribution in [3.8, 4) is 5.75 Å². The van der Waals surface area contributed by atoms with Gasteiger partial charge in [-0.25, -0.2) is 4.39 Å². The quantitative estimate of drug-likeness (QED) is 0.862. The van der Waals surface area contributed by atoms with Crippen LogP contribution in [0.5, 0.6) is 5.75 Å². The Balaban J connectivity index is 2.28. The van der Waals surface area contributed by atoms with Gasteiger partial charge in [-0.1, -0.05) is 20.8 Å². The highest BCUT2D eigenvalue weighted by Crippen LogP contribution is 2.37. The first-order chi connectivity index (χ1) is 8.41. The van der Waals surface area contributed by atoms with Gasteiger partial charge >= 0.3 is 0 Å². The van der Waals surface area contributed by atoms with Crippen molar-refractivity contribution in [2.24, 2.45) is 11.3 Å². The molecule has 3 heteroatoms. The molecule has 0 fully saturated rings. The summed E-state index contributed by atoms with van der Waals surface area (Å²) in [6, 6.07) is 3.40. The molecule has 1 unspecified atom stereocenters. The topological polar surface area (TPSA) is 21.3 Å². The predicted molar refractivity (Wildman–Crippen MR) is 72.7 cm³/mol. The fourth-order valence-corrected chi connectivity index (χ4v) is 2.38. The molecular formula is C15H22FNO. The molecule has 1 atom stereocenters. The molecule has 0 aliphatic carbocycles. The number of ether oxygens (including phenoxy) is 1. The Morgan fingerprint density at radius 2 is 2.11 bits per heavy atom. The van der Waals surface area contributed by atoms with Gasteiger partial charge in [0.15, 0.2) is 11.6 Å². The van der Waals surface area contributed by atoms with Crippen LogP contribution in [-0.2, 0) is 6.42 Å². The third-order valence-corrected chi connectivity index (χ3v) is 3.69. The van der Waals surface area contributed by atoms with Crippen molar-refractivity contribution in [1.82, 2.24) is 0 Å². The number of benzene rings is 1. The van der Waals surface area contributed by atoms with E-state index in [9.17, 15) is 4.39 Å². The highest BCUT2D eigenvalue weighted by Gasteiger charge is 2.29. The van der Waals surface area contributed by atoms with E-state index in [1.54, 1.807) is 6.07 Å². The fraction of sp³-hybridized carbons (Fsp3) is 0.600. The Labute approximate surface area is 109 Å². The molecule has 2 rings (SSSR count). The third kappa shape index (κ3) is 2.60. The van der Waals surface area contributed by atoms with Crippen molar-refractivity contribution in [2.75, 3.05) is 18.5 Å². The summed E-state index contributed by atoms with van der Waals surface area (Å²) in [5.41, 5.74) is 2.33. The summed E-state index contributed by atoms with van der Waals surface area (Å²) in [6.45, 7) is 10.0. The standard InChI is InChI=1S/C15H22FNO/c1-5-18-14-7-10-6-11(15(2,3)4)9-17-13(10)8-12(14)16/h7-8,11,17H,5-6,9H2,1-4H3. The minimum Gasteiger partial charge on any atom is -0.491 e. The van der Waals surface area contributed by atoms with Gasteiger partial charge in [-0.15, -0.1) is 0 Å². The summed E-state index contributed by atoms with van der Waals surface area (Å²) in [6.07, 6.45) is 0.978. The van der Waals surface area contributed by atoms with Crippen LogP contribution in [0.25, 0.3) is 0 Å². The SMILES string of the molecule is CCOc1cc2c(cc1F)NCC(C(C)(C)C)C2. The van der Waals surface area contributed by atoms with E-state index in [1.807, 2.05) is 13.0 Å². The van der Waals surface area contributed by atoms with Gasteiger partial charge in [-0.3, -0.25) is 0 Å². The highest BCUT2D eigenvalue weighted by molar-refractivity contribution is 5.56. The van der Waals surface area contributed by atoms with Crippen LogP contribution in [-0.4, -0.2) is 13.2 Å². The van der Waals surface area contributed by atoms with E-state index in [4.69, 9.17) is 4.74 Å². The first-order valence-electron chi connectivity index (χ1n) is 6.61. The first-order valence-corrected chi connectivity index (χ1v) is 6.61. The summed E-state index contributed by atoms with van der Waals surface area (Å²) >= 11 is 0. The molecule has 1 aromatic rings. The van der Waals surface area contributed by atoms with Gasteiger partial charge in [-0.05, 0) is 36.3 Å². The maximum absolute atomic E-state index is 13.7. The molecule has 2 nitrogen and oxygen atoms in total. The van der Waals surface area contributed by atoms with Crippen molar-refractivity contribution < 1.29 is 9.13 Å². The second-order valence-corrected chi connectivity index (χ2v) is 6.02. The van der Waals surface area contributed by atoms with Crippen LogP contribution in [0.4, 0.5) is 10.1 Å². The monoisotopic (exact) mass is 251 g/mol. The number of hydrogen-bond acceptors (Lipinski definition) is 2. The lowest BCUT2D eigenvalue weighted by molar-refractivity contribution is 0.246. The zero-order valence-electron chi connectivity index (χ0n) is 11.6. The third-order valence-electron chi connectivity index (χ3n) is 3.69. The van der Waals surface area contributed by atoms with Crippen LogP contribution in [0.3, 0.4) is 0 Å². The van der Waals surface area contributed by atoms with Gasteiger partial charge in [0.25, 0.3) is 0 Å². The molecule has 0 aromatic heterocycles. The fourth-order valence-electron chi connectivity index (χ4n) is 2.38. The number of rotatable bonds is 2. The Bertz CT molecular complexity index is 437. The van der Waals surface area contributed by atoms with E-state index in [1.165, 1.54) is 0 Å². The van der Waals surface area contributed by atoms with Crippen molar-refractivity contribution >= 4 is 5.69 Å². The maximum Gasteiger partial charge on any atom is 0.167 e. The summed E-state index contributed by atoms with van der Waals surface area (Å²) in [5, 5.41) is 3.33. The molecule has 1 aliphatic heterocycles. The number of halogens is 1. The number of hydrogen-bond donors (Lipinski definition) is 1. The van der Waals surface area contributed by atoms with Gasteiger partial charge in [-0.2, -0.15) is 0 Å². The minimum atomic E-state index is -0.280. The molecule has 100 valence electrons. The minimum absolute atomic E-state index is 0.255. The van der Waals surface area contributed by atoms with Crippen LogP contribution in [0, 0.1) is 17.2 Å². The average molecular weight is 251 g/mol. The van der Waals surface area contributed by atoms with Crippen LogP contribution >= 0.6 is 0 Å². The van der Waals surface area contributed by atoms with Crippen molar-refractivity contribution in [3.05, 3.63) is 23.5 Å². The molecular weight excluding hydrogens is 229 g/mol. The van der Waals surface area contributed by atoms with Crippen LogP contribution < -0.4 is 10.1 Å². The Hall–Kier alpha value is -1.25. The van der Waals surface area contributed by atoms with E-state index in [2.05, 4.69) is 26.1 Å². The summed E-state index contributed by atoms with van der Waals surface area (Å²) < 4.78 is 19.1. The molecule has 0 radical (unpaired) electrons. The van der Waals surface area contributed by atoms with E-state index >= 15 is 0 Å². The van der Waals surface area contributed by atoms with E-state index in [0.717, 1.165) is 24.2 Å². The Kier molecular flexibility index (Phi) is 3.51. The molecule has 0 saturated heterocycles. The lowest BCUT2D eigenvalue weighted by Crippen LogP contribution is -2.33. The molecule has 0 spiro atoms. The van der Waals surface area contributed by atoms with E-state index in [-0.39, 0.29) is 11.2 Å². The zero-order chi connectivity index (χ0) is 13.3. The maximum atomic E-state index is 13.7. The molecule has 1 aromatic carbocycles. The smallest absolute Gasteiger partial charge is 0.167 e. The predicted octanol–water partition coefficient (Wildman–Crippen LogP) is 3.85. The van der Waals surface area contributed by atoms with E-state index in [0.29, 0.717) is 18.3 Å². The van der Waals surface area contributed by atoms with Gasteiger partial charge in [0, 0.05) is 18.3 Å². The molecule has 1 heterocycles. The lowest BCUT2D eigenvalue weighted by atomic mass is 9.75. The van der Waals surface area contributed by atoms with Crippen LogP contribution in [0.2, 0.25) is 0 Å². The summed E-state index contributed by atoms with van der Waals surface area (Å²) in [7, 11) is 0. The van der Waals surface area contributed by atoms with Crippen LogP contribution in [0.15, 0.2) is 12.1 Å².